The van der Waals surface area contributed by atoms with E-state index in [1.165, 1.54) is 17.0 Å². The molecule has 1 heterocycles. The number of ether oxygens (including phenoxy) is 1. The van der Waals surface area contributed by atoms with Gasteiger partial charge in [0, 0.05) is 12.5 Å². The minimum Gasteiger partial charge on any atom is -0.478 e. The predicted octanol–water partition coefficient (Wildman–Crippen LogP) is 2.44. The molecule has 0 saturated carbocycles. The van der Waals surface area contributed by atoms with Crippen molar-refractivity contribution < 1.29 is 23.8 Å². The Hall–Kier alpha value is -2.11. The van der Waals surface area contributed by atoms with E-state index in [1.54, 1.807) is 0 Å². The molecule has 1 amide bonds. The lowest BCUT2D eigenvalue weighted by atomic mass is 9.91. The van der Waals surface area contributed by atoms with Crippen molar-refractivity contribution >= 4 is 17.6 Å². The van der Waals surface area contributed by atoms with E-state index in [-0.39, 0.29) is 30.0 Å². The lowest BCUT2D eigenvalue weighted by Gasteiger charge is -2.34. The Balaban J connectivity index is 2.36. The summed E-state index contributed by atoms with van der Waals surface area (Å²) in [6.07, 6.45) is -0.931. The fourth-order valence-electron chi connectivity index (χ4n) is 2.17. The van der Waals surface area contributed by atoms with E-state index in [9.17, 15) is 14.0 Å². The Morgan fingerprint density at radius 2 is 2.10 bits per heavy atom. The number of aliphatic carboxylic acids is 1. The van der Waals surface area contributed by atoms with Crippen LogP contribution >= 0.6 is 0 Å². The van der Waals surface area contributed by atoms with E-state index in [1.807, 2.05) is 20.8 Å². The molecule has 0 saturated heterocycles. The van der Waals surface area contributed by atoms with Crippen LogP contribution in [0.3, 0.4) is 0 Å². The third-order valence-electron chi connectivity index (χ3n) is 3.09. The van der Waals surface area contributed by atoms with Gasteiger partial charge in [0.1, 0.15) is 11.6 Å². The molecule has 1 atom stereocenters. The molecule has 6 heteroatoms. The molecule has 5 nitrogen and oxygen atoms in total. The number of fused-ring (bicyclic) bond motifs is 1. The van der Waals surface area contributed by atoms with Gasteiger partial charge in [0.15, 0.2) is 0 Å². The number of carboxylic acids is 1. The monoisotopic (exact) mass is 295 g/mol. The Morgan fingerprint density at radius 1 is 1.43 bits per heavy atom. The average molecular weight is 295 g/mol. The van der Waals surface area contributed by atoms with Gasteiger partial charge in [-0.05, 0) is 17.5 Å². The highest BCUT2D eigenvalue weighted by molar-refractivity contribution is 5.97. The highest BCUT2D eigenvalue weighted by atomic mass is 19.1. The van der Waals surface area contributed by atoms with Gasteiger partial charge in [-0.1, -0.05) is 20.8 Å². The summed E-state index contributed by atoms with van der Waals surface area (Å²) in [5, 5.41) is 9.11. The summed E-state index contributed by atoms with van der Waals surface area (Å²) < 4.78 is 18.5. The second kappa shape index (κ2) is 5.35. The number of hydrogen-bond donors (Lipinski definition) is 1. The molecule has 2 rings (SSSR count). The third kappa shape index (κ3) is 3.51. The normalized spacial score (nSPS) is 17.9. The molecule has 1 aliphatic heterocycles. The molecule has 0 spiro atoms. The number of carboxylic acid groups (broad SMARTS) is 1. The van der Waals surface area contributed by atoms with Crippen molar-refractivity contribution in [1.29, 1.82) is 0 Å². The van der Waals surface area contributed by atoms with Gasteiger partial charge in [0.2, 0.25) is 12.0 Å². The van der Waals surface area contributed by atoms with Crippen molar-refractivity contribution in [2.45, 2.75) is 33.3 Å². The van der Waals surface area contributed by atoms with Crippen molar-refractivity contribution in [1.82, 2.24) is 0 Å². The van der Waals surface area contributed by atoms with E-state index in [0.717, 1.165) is 6.07 Å². The molecule has 1 unspecified atom stereocenters. The van der Waals surface area contributed by atoms with Crippen molar-refractivity contribution in [3.8, 4) is 5.75 Å². The number of benzene rings is 1. The first-order valence-electron chi connectivity index (χ1n) is 6.67. The second-order valence-corrected chi connectivity index (χ2v) is 6.30. The number of carbonyl (C=O) groups excluding carboxylic acids is 1. The zero-order valence-electron chi connectivity index (χ0n) is 12.2. The Bertz CT molecular complexity index is 580. The van der Waals surface area contributed by atoms with Gasteiger partial charge in [-0.15, -0.1) is 0 Å². The molecule has 0 bridgehead atoms. The van der Waals surface area contributed by atoms with Gasteiger partial charge < -0.3 is 14.7 Å². The molecule has 1 N–H and O–H groups in total. The number of halogens is 1. The highest BCUT2D eigenvalue weighted by Gasteiger charge is 2.35. The van der Waals surface area contributed by atoms with Gasteiger partial charge in [-0.3, -0.25) is 4.79 Å². The molecule has 21 heavy (non-hydrogen) atoms. The zero-order chi connectivity index (χ0) is 15.8. The summed E-state index contributed by atoms with van der Waals surface area (Å²) in [5.74, 6) is -1.85. The summed E-state index contributed by atoms with van der Waals surface area (Å²) in [4.78, 5) is 24.9. The van der Waals surface area contributed by atoms with Gasteiger partial charge in [0.25, 0.3) is 0 Å². The molecule has 114 valence electrons. The van der Waals surface area contributed by atoms with Gasteiger partial charge >= 0.3 is 5.97 Å². The van der Waals surface area contributed by atoms with Gasteiger partial charge in [0.05, 0.1) is 12.2 Å². The van der Waals surface area contributed by atoms with Crippen LogP contribution in [0.1, 0.15) is 27.2 Å². The van der Waals surface area contributed by atoms with Crippen molar-refractivity contribution in [3.63, 3.8) is 0 Å². The first kappa shape index (κ1) is 15.3. The standard InChI is InChI=1S/C15H18FNO4/c1-15(2,3)7-13(18)17-8-12(14(19)20)21-11-6-9(16)4-5-10(11)17/h4-6,12H,7-8H2,1-3H3,(H,19,20). The fraction of sp³-hybridized carbons (Fsp3) is 0.467. The first-order valence-corrected chi connectivity index (χ1v) is 6.67. The smallest absolute Gasteiger partial charge is 0.346 e. The number of carbonyl (C=O) groups is 2. The van der Waals surface area contributed by atoms with Crippen LogP contribution in [-0.4, -0.2) is 29.6 Å². The molecule has 0 fully saturated rings. The van der Waals surface area contributed by atoms with Crippen LogP contribution in [0.2, 0.25) is 0 Å². The predicted molar refractivity (Wildman–Crippen MR) is 74.9 cm³/mol. The zero-order valence-corrected chi connectivity index (χ0v) is 12.2. The maximum absolute atomic E-state index is 13.3. The van der Waals surface area contributed by atoms with E-state index in [2.05, 4.69) is 0 Å². The summed E-state index contributed by atoms with van der Waals surface area (Å²) in [7, 11) is 0. The maximum atomic E-state index is 13.3. The number of amides is 1. The lowest BCUT2D eigenvalue weighted by Crippen LogP contribution is -2.47. The molecule has 1 aromatic carbocycles. The molecule has 0 radical (unpaired) electrons. The Morgan fingerprint density at radius 3 is 2.67 bits per heavy atom. The molecule has 0 aromatic heterocycles. The van der Waals surface area contributed by atoms with Crippen LogP contribution in [0.5, 0.6) is 5.75 Å². The SMILES string of the molecule is CC(C)(C)CC(=O)N1CC(C(=O)O)Oc2cc(F)ccc21. The van der Waals surface area contributed by atoms with Crippen molar-refractivity contribution in [3.05, 3.63) is 24.0 Å². The number of rotatable bonds is 2. The van der Waals surface area contributed by atoms with Gasteiger partial charge in [-0.25, -0.2) is 9.18 Å². The van der Waals surface area contributed by atoms with Crippen LogP contribution in [0.15, 0.2) is 18.2 Å². The Labute approximate surface area is 122 Å². The van der Waals surface area contributed by atoms with Crippen LogP contribution < -0.4 is 9.64 Å². The number of anilines is 1. The minimum atomic E-state index is -1.19. The van der Waals surface area contributed by atoms with E-state index >= 15 is 0 Å². The molecule has 0 aliphatic carbocycles. The van der Waals surface area contributed by atoms with Crippen LogP contribution in [-0.2, 0) is 9.59 Å². The quantitative estimate of drug-likeness (QED) is 0.910. The van der Waals surface area contributed by atoms with E-state index < -0.39 is 17.9 Å². The Kier molecular flexibility index (Phi) is 3.89. The summed E-state index contributed by atoms with van der Waals surface area (Å²) in [6, 6.07) is 3.76. The average Bonchev–Trinajstić information content (AvgIpc) is 2.34. The third-order valence-corrected chi connectivity index (χ3v) is 3.09. The number of hydrogen-bond acceptors (Lipinski definition) is 3. The highest BCUT2D eigenvalue weighted by Crippen LogP contribution is 2.35. The topological polar surface area (TPSA) is 66.8 Å². The molecule has 1 aliphatic rings. The maximum Gasteiger partial charge on any atom is 0.346 e. The van der Waals surface area contributed by atoms with E-state index in [4.69, 9.17) is 9.84 Å². The van der Waals surface area contributed by atoms with Crippen molar-refractivity contribution in [2.75, 3.05) is 11.4 Å². The van der Waals surface area contributed by atoms with E-state index in [0.29, 0.717) is 5.69 Å². The molecule has 1 aromatic rings. The van der Waals surface area contributed by atoms with Crippen LogP contribution in [0.25, 0.3) is 0 Å². The summed E-state index contributed by atoms with van der Waals surface area (Å²) >= 11 is 0. The summed E-state index contributed by atoms with van der Waals surface area (Å²) in [6.45, 7) is 5.69. The fourth-order valence-corrected chi connectivity index (χ4v) is 2.17. The largest absolute Gasteiger partial charge is 0.478 e. The molecular weight excluding hydrogens is 277 g/mol. The van der Waals surface area contributed by atoms with Crippen LogP contribution in [0, 0.1) is 11.2 Å². The first-order chi connectivity index (χ1) is 9.67. The number of nitrogens with zero attached hydrogens (tertiary/aromatic N) is 1. The molecular formula is C15H18FNO4. The van der Waals surface area contributed by atoms with Crippen LogP contribution in [0.4, 0.5) is 10.1 Å². The lowest BCUT2D eigenvalue weighted by molar-refractivity contribution is -0.145. The second-order valence-electron chi connectivity index (χ2n) is 6.30. The minimum absolute atomic E-state index is 0.0795. The summed E-state index contributed by atoms with van der Waals surface area (Å²) in [5.41, 5.74) is 0.178. The van der Waals surface area contributed by atoms with Gasteiger partial charge in [-0.2, -0.15) is 0 Å². The van der Waals surface area contributed by atoms with Crippen molar-refractivity contribution in [2.24, 2.45) is 5.41 Å².